The number of halogens is 1. The van der Waals surface area contributed by atoms with Crippen LogP contribution in [-0.4, -0.2) is 11.5 Å². The summed E-state index contributed by atoms with van der Waals surface area (Å²) in [6.45, 7) is 7.17. The summed E-state index contributed by atoms with van der Waals surface area (Å²) in [6.07, 6.45) is 3.86. The van der Waals surface area contributed by atoms with Gasteiger partial charge >= 0.3 is 0 Å². The molecule has 0 aromatic carbocycles. The first-order valence-corrected chi connectivity index (χ1v) is 5.48. The lowest BCUT2D eigenvalue weighted by Gasteiger charge is -2.20. The maximum absolute atomic E-state index is 13.5. The molecule has 1 aromatic heterocycles. The molecule has 3 heteroatoms. The average Bonchev–Trinajstić information content (AvgIpc) is 2.17. The van der Waals surface area contributed by atoms with Gasteiger partial charge in [-0.3, -0.25) is 4.98 Å². The second-order valence-corrected chi connectivity index (χ2v) is 4.14. The standard InChI is InChI=1S/C12H19FN2/c1-4-15-12(7-9(2)3)10-5-6-14-8-11(10)13/h5-6,8-9,12,15H,4,7H2,1-3H3. The maximum atomic E-state index is 13.5. The Hall–Kier alpha value is -0.960. The van der Waals surface area contributed by atoms with E-state index in [1.165, 1.54) is 6.20 Å². The number of aromatic nitrogens is 1. The van der Waals surface area contributed by atoms with Crippen LogP contribution in [-0.2, 0) is 0 Å². The molecule has 1 N–H and O–H groups in total. The molecule has 0 aliphatic heterocycles. The van der Waals surface area contributed by atoms with Gasteiger partial charge in [-0.05, 0) is 24.9 Å². The Morgan fingerprint density at radius 2 is 2.20 bits per heavy atom. The lowest BCUT2D eigenvalue weighted by Crippen LogP contribution is -2.23. The summed E-state index contributed by atoms with van der Waals surface area (Å²) in [4.78, 5) is 3.76. The van der Waals surface area contributed by atoms with E-state index in [-0.39, 0.29) is 11.9 Å². The Balaban J connectivity index is 2.83. The summed E-state index contributed by atoms with van der Waals surface area (Å²) in [5.41, 5.74) is 0.723. The smallest absolute Gasteiger partial charge is 0.146 e. The molecule has 1 unspecified atom stereocenters. The molecule has 0 bridgehead atoms. The van der Waals surface area contributed by atoms with Gasteiger partial charge in [-0.15, -0.1) is 0 Å². The molecule has 1 aromatic rings. The van der Waals surface area contributed by atoms with E-state index < -0.39 is 0 Å². The van der Waals surface area contributed by atoms with E-state index in [9.17, 15) is 4.39 Å². The Kier molecular flexibility index (Phi) is 4.69. The van der Waals surface area contributed by atoms with Gasteiger partial charge in [0.15, 0.2) is 0 Å². The topological polar surface area (TPSA) is 24.9 Å². The minimum Gasteiger partial charge on any atom is -0.310 e. The molecule has 84 valence electrons. The maximum Gasteiger partial charge on any atom is 0.146 e. The number of nitrogens with one attached hydrogen (secondary N) is 1. The normalized spacial score (nSPS) is 13.1. The van der Waals surface area contributed by atoms with Crippen LogP contribution in [0.15, 0.2) is 18.5 Å². The van der Waals surface area contributed by atoms with Crippen LogP contribution in [0.1, 0.15) is 38.8 Å². The molecule has 1 heterocycles. The molecule has 0 saturated heterocycles. The predicted molar refractivity (Wildman–Crippen MR) is 60.1 cm³/mol. The van der Waals surface area contributed by atoms with Gasteiger partial charge in [0.1, 0.15) is 5.82 Å². The molecular weight excluding hydrogens is 191 g/mol. The molecule has 0 aliphatic rings. The largest absolute Gasteiger partial charge is 0.310 e. The minimum absolute atomic E-state index is 0.0954. The van der Waals surface area contributed by atoms with Crippen LogP contribution in [0.2, 0.25) is 0 Å². The van der Waals surface area contributed by atoms with Gasteiger partial charge in [-0.25, -0.2) is 4.39 Å². The summed E-state index contributed by atoms with van der Waals surface area (Å²) in [5, 5.41) is 3.30. The first-order chi connectivity index (χ1) is 7.15. The molecule has 0 amide bonds. The molecule has 0 saturated carbocycles. The minimum atomic E-state index is -0.218. The molecule has 1 atom stereocenters. The van der Waals surface area contributed by atoms with Crippen LogP contribution < -0.4 is 5.32 Å². The van der Waals surface area contributed by atoms with Crippen LogP contribution in [0.5, 0.6) is 0 Å². The van der Waals surface area contributed by atoms with E-state index in [4.69, 9.17) is 0 Å². The average molecular weight is 210 g/mol. The zero-order valence-electron chi connectivity index (χ0n) is 9.63. The fraction of sp³-hybridized carbons (Fsp3) is 0.583. The van der Waals surface area contributed by atoms with Crippen LogP contribution in [0.25, 0.3) is 0 Å². The summed E-state index contributed by atoms with van der Waals surface area (Å²) in [6, 6.07) is 1.85. The molecule has 0 radical (unpaired) electrons. The van der Waals surface area contributed by atoms with Crippen molar-refractivity contribution in [2.75, 3.05) is 6.54 Å². The van der Waals surface area contributed by atoms with Crippen molar-refractivity contribution in [3.63, 3.8) is 0 Å². The van der Waals surface area contributed by atoms with E-state index >= 15 is 0 Å². The van der Waals surface area contributed by atoms with Gasteiger partial charge in [-0.1, -0.05) is 20.8 Å². The third kappa shape index (κ3) is 3.59. The number of pyridine rings is 1. The third-order valence-electron chi connectivity index (χ3n) is 2.34. The van der Waals surface area contributed by atoms with E-state index in [1.807, 2.05) is 6.92 Å². The van der Waals surface area contributed by atoms with Crippen LogP contribution in [0.4, 0.5) is 4.39 Å². The van der Waals surface area contributed by atoms with Crippen molar-refractivity contribution in [3.8, 4) is 0 Å². The quantitative estimate of drug-likeness (QED) is 0.808. The van der Waals surface area contributed by atoms with Gasteiger partial charge in [0, 0.05) is 17.8 Å². The second kappa shape index (κ2) is 5.81. The van der Waals surface area contributed by atoms with Crippen molar-refractivity contribution in [3.05, 3.63) is 29.8 Å². The van der Waals surface area contributed by atoms with E-state index in [2.05, 4.69) is 24.1 Å². The fourth-order valence-electron chi connectivity index (χ4n) is 1.71. The lowest BCUT2D eigenvalue weighted by atomic mass is 9.97. The first-order valence-electron chi connectivity index (χ1n) is 5.48. The Bertz CT molecular complexity index is 299. The van der Waals surface area contributed by atoms with Gasteiger partial charge in [0.05, 0.1) is 6.20 Å². The van der Waals surface area contributed by atoms with Crippen LogP contribution in [0.3, 0.4) is 0 Å². The first kappa shape index (κ1) is 12.1. The molecule has 2 nitrogen and oxygen atoms in total. The Morgan fingerprint density at radius 3 is 2.73 bits per heavy atom. The van der Waals surface area contributed by atoms with E-state index in [0.29, 0.717) is 5.92 Å². The highest BCUT2D eigenvalue weighted by Crippen LogP contribution is 2.22. The highest BCUT2D eigenvalue weighted by atomic mass is 19.1. The van der Waals surface area contributed by atoms with Gasteiger partial charge in [-0.2, -0.15) is 0 Å². The van der Waals surface area contributed by atoms with Crippen molar-refractivity contribution in [2.45, 2.75) is 33.2 Å². The predicted octanol–water partition coefficient (Wildman–Crippen LogP) is 2.92. The Morgan fingerprint density at radius 1 is 1.47 bits per heavy atom. The molecule has 0 spiro atoms. The van der Waals surface area contributed by atoms with Crippen molar-refractivity contribution < 1.29 is 4.39 Å². The monoisotopic (exact) mass is 210 g/mol. The number of nitrogens with zero attached hydrogens (tertiary/aromatic N) is 1. The highest BCUT2D eigenvalue weighted by molar-refractivity contribution is 5.17. The molecule has 0 aliphatic carbocycles. The van der Waals surface area contributed by atoms with Gasteiger partial charge in [0.2, 0.25) is 0 Å². The molecular formula is C12H19FN2. The Labute approximate surface area is 90.9 Å². The van der Waals surface area contributed by atoms with Crippen molar-refractivity contribution in [1.29, 1.82) is 0 Å². The van der Waals surface area contributed by atoms with Gasteiger partial charge < -0.3 is 5.32 Å². The third-order valence-corrected chi connectivity index (χ3v) is 2.34. The molecule has 15 heavy (non-hydrogen) atoms. The molecule has 1 rings (SSSR count). The number of hydrogen-bond acceptors (Lipinski definition) is 2. The zero-order valence-corrected chi connectivity index (χ0v) is 9.63. The fourth-order valence-corrected chi connectivity index (χ4v) is 1.71. The summed E-state index contributed by atoms with van der Waals surface area (Å²) in [7, 11) is 0. The van der Waals surface area contributed by atoms with Gasteiger partial charge in [0.25, 0.3) is 0 Å². The summed E-state index contributed by atoms with van der Waals surface area (Å²) < 4.78 is 13.5. The van der Waals surface area contributed by atoms with Crippen molar-refractivity contribution in [1.82, 2.24) is 10.3 Å². The van der Waals surface area contributed by atoms with Crippen molar-refractivity contribution >= 4 is 0 Å². The lowest BCUT2D eigenvalue weighted by molar-refractivity contribution is 0.423. The van der Waals surface area contributed by atoms with E-state index in [1.54, 1.807) is 12.3 Å². The van der Waals surface area contributed by atoms with E-state index in [0.717, 1.165) is 18.5 Å². The highest BCUT2D eigenvalue weighted by Gasteiger charge is 2.15. The number of hydrogen-bond donors (Lipinski definition) is 1. The zero-order chi connectivity index (χ0) is 11.3. The SMILES string of the molecule is CCNC(CC(C)C)c1ccncc1F. The van der Waals surface area contributed by atoms with Crippen LogP contribution >= 0.6 is 0 Å². The number of rotatable bonds is 5. The van der Waals surface area contributed by atoms with Crippen molar-refractivity contribution in [2.24, 2.45) is 5.92 Å². The summed E-state index contributed by atoms with van der Waals surface area (Å²) in [5.74, 6) is 0.325. The van der Waals surface area contributed by atoms with Crippen LogP contribution in [0, 0.1) is 11.7 Å². The molecule has 0 fully saturated rings. The summed E-state index contributed by atoms with van der Waals surface area (Å²) >= 11 is 0. The second-order valence-electron chi connectivity index (χ2n) is 4.14.